The second-order valence-corrected chi connectivity index (χ2v) is 7.14. The maximum atomic E-state index is 4.91. The number of hydrogen-bond donors (Lipinski definition) is 1. The van der Waals surface area contributed by atoms with Crippen molar-refractivity contribution >= 4 is 11.3 Å². The van der Waals surface area contributed by atoms with Crippen LogP contribution in [0.25, 0.3) is 0 Å². The van der Waals surface area contributed by atoms with Crippen LogP contribution in [-0.4, -0.2) is 18.6 Å². The largest absolute Gasteiger partial charge is 0.319 e. The van der Waals surface area contributed by atoms with Crippen LogP contribution in [0, 0.1) is 6.92 Å². The molecule has 2 fully saturated rings. The van der Waals surface area contributed by atoms with Crippen molar-refractivity contribution in [3.8, 4) is 0 Å². The highest BCUT2D eigenvalue weighted by atomic mass is 32.1. The Labute approximate surface area is 114 Å². The van der Waals surface area contributed by atoms with Crippen LogP contribution in [0.1, 0.15) is 66.4 Å². The third kappa shape index (κ3) is 2.23. The van der Waals surface area contributed by atoms with Gasteiger partial charge < -0.3 is 5.32 Å². The highest BCUT2D eigenvalue weighted by Crippen LogP contribution is 2.52. The summed E-state index contributed by atoms with van der Waals surface area (Å²) in [4.78, 5) is 6.49. The standard InChI is InChI=1S/C15H24N2S/c1-11-13(15(8-9-15)10-16-2)18-14(17-11)12-6-4-3-5-7-12/h12,16H,3-10H2,1-2H3. The SMILES string of the molecule is CNCC1(c2sc(C3CCCCC3)nc2C)CC1. The van der Waals surface area contributed by atoms with Gasteiger partial charge in [-0.2, -0.15) is 0 Å². The minimum atomic E-state index is 0.448. The molecule has 3 heteroatoms. The predicted molar refractivity (Wildman–Crippen MR) is 77.5 cm³/mol. The number of aromatic nitrogens is 1. The molecule has 100 valence electrons. The summed E-state index contributed by atoms with van der Waals surface area (Å²) in [6, 6.07) is 0. The third-order valence-electron chi connectivity index (χ3n) is 4.62. The van der Waals surface area contributed by atoms with Gasteiger partial charge in [0, 0.05) is 22.8 Å². The lowest BCUT2D eigenvalue weighted by molar-refractivity contribution is 0.442. The molecule has 2 aliphatic rings. The van der Waals surface area contributed by atoms with Gasteiger partial charge in [0.2, 0.25) is 0 Å². The van der Waals surface area contributed by atoms with Crippen molar-refractivity contribution in [2.45, 2.75) is 63.2 Å². The van der Waals surface area contributed by atoms with Gasteiger partial charge >= 0.3 is 0 Å². The van der Waals surface area contributed by atoms with Crippen LogP contribution in [-0.2, 0) is 5.41 Å². The van der Waals surface area contributed by atoms with Gasteiger partial charge in [-0.05, 0) is 39.7 Å². The summed E-state index contributed by atoms with van der Waals surface area (Å²) in [5.74, 6) is 0.765. The van der Waals surface area contributed by atoms with E-state index in [0.717, 1.165) is 12.5 Å². The fraction of sp³-hybridized carbons (Fsp3) is 0.800. The Bertz CT molecular complexity index is 414. The van der Waals surface area contributed by atoms with E-state index < -0.39 is 0 Å². The molecule has 0 aromatic carbocycles. The van der Waals surface area contributed by atoms with Crippen molar-refractivity contribution in [1.29, 1.82) is 0 Å². The Kier molecular flexibility index (Phi) is 3.46. The quantitative estimate of drug-likeness (QED) is 0.896. The van der Waals surface area contributed by atoms with Crippen molar-refractivity contribution < 1.29 is 0 Å². The topological polar surface area (TPSA) is 24.9 Å². The molecule has 1 aromatic rings. The zero-order valence-electron chi connectivity index (χ0n) is 11.6. The molecular formula is C15H24N2S. The summed E-state index contributed by atoms with van der Waals surface area (Å²) in [5, 5.41) is 4.80. The molecule has 2 saturated carbocycles. The van der Waals surface area contributed by atoms with Gasteiger partial charge in [0.15, 0.2) is 0 Å². The summed E-state index contributed by atoms with van der Waals surface area (Å²) >= 11 is 2.02. The molecule has 0 bridgehead atoms. The molecule has 0 aliphatic heterocycles. The lowest BCUT2D eigenvalue weighted by atomic mass is 9.90. The van der Waals surface area contributed by atoms with E-state index in [4.69, 9.17) is 4.98 Å². The monoisotopic (exact) mass is 264 g/mol. The minimum absolute atomic E-state index is 0.448. The van der Waals surface area contributed by atoms with E-state index in [9.17, 15) is 0 Å². The number of hydrogen-bond acceptors (Lipinski definition) is 3. The third-order valence-corrected chi connectivity index (χ3v) is 6.18. The Balaban J connectivity index is 1.82. The van der Waals surface area contributed by atoms with Gasteiger partial charge in [-0.25, -0.2) is 4.98 Å². The number of aryl methyl sites for hydroxylation is 1. The number of thiazole rings is 1. The van der Waals surface area contributed by atoms with Crippen LogP contribution in [0.4, 0.5) is 0 Å². The fourth-order valence-electron chi connectivity index (χ4n) is 3.41. The first-order valence-corrected chi connectivity index (χ1v) is 8.19. The van der Waals surface area contributed by atoms with Crippen molar-refractivity contribution in [2.24, 2.45) is 0 Å². The van der Waals surface area contributed by atoms with Crippen LogP contribution in [0.3, 0.4) is 0 Å². The van der Waals surface area contributed by atoms with Crippen molar-refractivity contribution in [2.75, 3.05) is 13.6 Å². The molecule has 1 N–H and O–H groups in total. The van der Waals surface area contributed by atoms with Gasteiger partial charge in [-0.3, -0.25) is 0 Å². The highest BCUT2D eigenvalue weighted by Gasteiger charge is 2.46. The van der Waals surface area contributed by atoms with E-state index in [0.29, 0.717) is 5.41 Å². The molecule has 1 aromatic heterocycles. The first kappa shape index (κ1) is 12.6. The number of nitrogens with zero attached hydrogens (tertiary/aromatic N) is 1. The molecule has 0 unspecified atom stereocenters. The molecule has 0 saturated heterocycles. The summed E-state index contributed by atoms with van der Waals surface area (Å²) in [7, 11) is 2.07. The van der Waals surface area contributed by atoms with E-state index in [2.05, 4.69) is 19.3 Å². The normalized spacial score (nSPS) is 23.2. The zero-order valence-corrected chi connectivity index (χ0v) is 12.4. The number of likely N-dealkylation sites (N-methyl/N-ethyl adjacent to an activating group) is 1. The van der Waals surface area contributed by atoms with Crippen LogP contribution in [0.2, 0.25) is 0 Å². The molecular weight excluding hydrogens is 240 g/mol. The molecule has 1 heterocycles. The molecule has 18 heavy (non-hydrogen) atoms. The summed E-state index contributed by atoms with van der Waals surface area (Å²) in [5.41, 5.74) is 1.76. The molecule has 0 atom stereocenters. The lowest BCUT2D eigenvalue weighted by Gasteiger charge is -2.19. The first-order valence-electron chi connectivity index (χ1n) is 7.37. The summed E-state index contributed by atoms with van der Waals surface area (Å²) < 4.78 is 0. The Morgan fingerprint density at radius 1 is 1.28 bits per heavy atom. The van der Waals surface area contributed by atoms with Crippen molar-refractivity contribution in [1.82, 2.24) is 10.3 Å². The van der Waals surface area contributed by atoms with Crippen LogP contribution >= 0.6 is 11.3 Å². The van der Waals surface area contributed by atoms with E-state index >= 15 is 0 Å². The van der Waals surface area contributed by atoms with Crippen LogP contribution in [0.5, 0.6) is 0 Å². The zero-order chi connectivity index (χ0) is 12.6. The smallest absolute Gasteiger partial charge is 0.0962 e. The average molecular weight is 264 g/mol. The van der Waals surface area contributed by atoms with Gasteiger partial charge in [-0.15, -0.1) is 11.3 Å². The first-order chi connectivity index (χ1) is 8.75. The van der Waals surface area contributed by atoms with Crippen LogP contribution in [0.15, 0.2) is 0 Å². The fourth-order valence-corrected chi connectivity index (χ4v) is 4.89. The molecule has 0 spiro atoms. The van der Waals surface area contributed by atoms with E-state index in [-0.39, 0.29) is 0 Å². The molecule has 3 rings (SSSR count). The number of rotatable bonds is 4. The van der Waals surface area contributed by atoms with E-state index in [1.54, 1.807) is 4.88 Å². The summed E-state index contributed by atoms with van der Waals surface area (Å²) in [6.07, 6.45) is 9.66. The van der Waals surface area contributed by atoms with Gasteiger partial charge in [0.25, 0.3) is 0 Å². The van der Waals surface area contributed by atoms with Crippen molar-refractivity contribution in [3.05, 3.63) is 15.6 Å². The van der Waals surface area contributed by atoms with Gasteiger partial charge in [0.1, 0.15) is 0 Å². The maximum absolute atomic E-state index is 4.91. The van der Waals surface area contributed by atoms with Gasteiger partial charge in [0.05, 0.1) is 10.7 Å². The molecule has 0 amide bonds. The second kappa shape index (κ2) is 4.93. The van der Waals surface area contributed by atoms with Crippen LogP contribution < -0.4 is 5.32 Å². The van der Waals surface area contributed by atoms with Crippen molar-refractivity contribution in [3.63, 3.8) is 0 Å². The molecule has 0 radical (unpaired) electrons. The lowest BCUT2D eigenvalue weighted by Crippen LogP contribution is -2.23. The molecule has 2 aliphatic carbocycles. The van der Waals surface area contributed by atoms with E-state index in [1.165, 1.54) is 55.6 Å². The van der Waals surface area contributed by atoms with Gasteiger partial charge in [-0.1, -0.05) is 19.3 Å². The second-order valence-electron chi connectivity index (χ2n) is 6.11. The summed E-state index contributed by atoms with van der Waals surface area (Å²) in [6.45, 7) is 3.34. The minimum Gasteiger partial charge on any atom is -0.319 e. The molecule has 2 nitrogen and oxygen atoms in total. The number of nitrogens with one attached hydrogen (secondary N) is 1. The highest BCUT2D eigenvalue weighted by molar-refractivity contribution is 7.12. The Morgan fingerprint density at radius 2 is 2.00 bits per heavy atom. The van der Waals surface area contributed by atoms with E-state index in [1.807, 2.05) is 11.3 Å². The predicted octanol–water partition coefficient (Wildman–Crippen LogP) is 3.75. The Morgan fingerprint density at radius 3 is 2.61 bits per heavy atom. The maximum Gasteiger partial charge on any atom is 0.0962 e. The Hall–Kier alpha value is -0.410. The average Bonchev–Trinajstić information content (AvgIpc) is 3.06.